The fourth-order valence-electron chi connectivity index (χ4n) is 1.62. The molecule has 3 rings (SSSR count). The van der Waals surface area contributed by atoms with Gasteiger partial charge in [0.15, 0.2) is 4.96 Å². The van der Waals surface area contributed by atoms with Gasteiger partial charge in [-0.25, -0.2) is 4.98 Å². The number of thiazole rings is 1. The summed E-state index contributed by atoms with van der Waals surface area (Å²) in [4.78, 5) is 5.52. The average molecular weight is 203 g/mol. The zero-order valence-electron chi connectivity index (χ0n) is 7.69. The van der Waals surface area contributed by atoms with Gasteiger partial charge in [-0.05, 0) is 24.6 Å². The number of hydrogen-bond acceptors (Lipinski definition) is 3. The van der Waals surface area contributed by atoms with Crippen molar-refractivity contribution in [3.05, 3.63) is 29.3 Å². The number of anilines is 1. The number of imidazole rings is 1. The van der Waals surface area contributed by atoms with Crippen LogP contribution in [0.25, 0.3) is 16.0 Å². The number of rotatable bonds is 0. The van der Waals surface area contributed by atoms with Crippen molar-refractivity contribution in [2.75, 3.05) is 5.73 Å². The van der Waals surface area contributed by atoms with E-state index in [1.54, 1.807) is 11.3 Å². The van der Waals surface area contributed by atoms with Crippen molar-refractivity contribution in [2.45, 2.75) is 6.92 Å². The molecule has 14 heavy (non-hydrogen) atoms. The maximum atomic E-state index is 5.87. The SMILES string of the molecule is Cc1cc2nc3sccn3c2cc1N. The third-order valence-corrected chi connectivity index (χ3v) is 3.18. The first kappa shape index (κ1) is 7.82. The summed E-state index contributed by atoms with van der Waals surface area (Å²) in [5.41, 5.74) is 9.88. The molecule has 3 aromatic rings. The lowest BCUT2D eigenvalue weighted by atomic mass is 10.2. The van der Waals surface area contributed by atoms with Crippen molar-refractivity contribution >= 4 is 33.0 Å². The van der Waals surface area contributed by atoms with E-state index in [1.807, 2.05) is 30.6 Å². The van der Waals surface area contributed by atoms with E-state index >= 15 is 0 Å². The highest BCUT2D eigenvalue weighted by molar-refractivity contribution is 7.15. The first-order chi connectivity index (χ1) is 6.75. The van der Waals surface area contributed by atoms with Crippen LogP contribution in [-0.4, -0.2) is 9.38 Å². The molecule has 70 valence electrons. The molecule has 0 spiro atoms. The highest BCUT2D eigenvalue weighted by Crippen LogP contribution is 2.24. The standard InChI is InChI=1S/C10H9N3S/c1-6-4-8-9(5-7(6)11)13-2-3-14-10(13)12-8/h2-5H,11H2,1H3. The highest BCUT2D eigenvalue weighted by atomic mass is 32.1. The molecule has 2 N–H and O–H groups in total. The van der Waals surface area contributed by atoms with Crippen LogP contribution in [0.3, 0.4) is 0 Å². The smallest absolute Gasteiger partial charge is 0.194 e. The minimum Gasteiger partial charge on any atom is -0.398 e. The topological polar surface area (TPSA) is 43.3 Å². The van der Waals surface area contributed by atoms with Gasteiger partial charge in [-0.2, -0.15) is 0 Å². The molecule has 2 aromatic heterocycles. The number of fused-ring (bicyclic) bond motifs is 3. The Labute approximate surface area is 84.8 Å². The second kappa shape index (κ2) is 2.48. The van der Waals surface area contributed by atoms with E-state index in [9.17, 15) is 0 Å². The van der Waals surface area contributed by atoms with Crippen molar-refractivity contribution in [3.63, 3.8) is 0 Å². The molecule has 0 aliphatic heterocycles. The third kappa shape index (κ3) is 0.886. The van der Waals surface area contributed by atoms with E-state index in [0.717, 1.165) is 27.2 Å². The molecular weight excluding hydrogens is 194 g/mol. The number of nitrogens with two attached hydrogens (primary N) is 1. The van der Waals surface area contributed by atoms with Crippen LogP contribution in [-0.2, 0) is 0 Å². The van der Waals surface area contributed by atoms with Gasteiger partial charge < -0.3 is 5.73 Å². The lowest BCUT2D eigenvalue weighted by Crippen LogP contribution is -1.89. The van der Waals surface area contributed by atoms with Crippen molar-refractivity contribution < 1.29 is 0 Å². The lowest BCUT2D eigenvalue weighted by Gasteiger charge is -1.98. The van der Waals surface area contributed by atoms with E-state index in [-0.39, 0.29) is 0 Å². The van der Waals surface area contributed by atoms with Crippen LogP contribution < -0.4 is 5.73 Å². The van der Waals surface area contributed by atoms with Crippen LogP contribution >= 0.6 is 11.3 Å². The second-order valence-electron chi connectivity index (χ2n) is 3.36. The summed E-state index contributed by atoms with van der Waals surface area (Å²) in [6.45, 7) is 2.00. The fourth-order valence-corrected chi connectivity index (χ4v) is 2.35. The van der Waals surface area contributed by atoms with Gasteiger partial charge in [0.05, 0.1) is 11.0 Å². The van der Waals surface area contributed by atoms with Gasteiger partial charge in [0, 0.05) is 17.3 Å². The highest BCUT2D eigenvalue weighted by Gasteiger charge is 2.06. The number of nitrogens with zero attached hydrogens (tertiary/aromatic N) is 2. The molecule has 4 heteroatoms. The summed E-state index contributed by atoms with van der Waals surface area (Å²) in [6.07, 6.45) is 2.02. The van der Waals surface area contributed by atoms with E-state index in [1.165, 1.54) is 0 Å². The van der Waals surface area contributed by atoms with E-state index in [2.05, 4.69) is 9.38 Å². The summed E-state index contributed by atoms with van der Waals surface area (Å²) >= 11 is 1.64. The van der Waals surface area contributed by atoms with Crippen molar-refractivity contribution in [1.29, 1.82) is 0 Å². The maximum absolute atomic E-state index is 5.87. The minimum absolute atomic E-state index is 0.825. The normalized spacial score (nSPS) is 11.5. The first-order valence-corrected chi connectivity index (χ1v) is 5.25. The maximum Gasteiger partial charge on any atom is 0.194 e. The molecule has 0 bridgehead atoms. The van der Waals surface area contributed by atoms with E-state index < -0.39 is 0 Å². The predicted octanol–water partition coefficient (Wildman–Crippen LogP) is 2.44. The number of benzene rings is 1. The zero-order valence-corrected chi connectivity index (χ0v) is 8.51. The van der Waals surface area contributed by atoms with Gasteiger partial charge >= 0.3 is 0 Å². The average Bonchev–Trinajstić information content (AvgIpc) is 2.68. The van der Waals surface area contributed by atoms with Crippen LogP contribution in [0.4, 0.5) is 5.69 Å². The summed E-state index contributed by atoms with van der Waals surface area (Å²) in [7, 11) is 0. The Kier molecular flexibility index (Phi) is 1.39. The summed E-state index contributed by atoms with van der Waals surface area (Å²) in [5.74, 6) is 0. The Morgan fingerprint density at radius 3 is 3.14 bits per heavy atom. The molecule has 1 aromatic carbocycles. The zero-order chi connectivity index (χ0) is 9.71. The van der Waals surface area contributed by atoms with Crippen molar-refractivity contribution in [2.24, 2.45) is 0 Å². The molecule has 0 radical (unpaired) electrons. The Balaban J connectivity index is 2.57. The van der Waals surface area contributed by atoms with Crippen molar-refractivity contribution in [1.82, 2.24) is 9.38 Å². The Hall–Kier alpha value is -1.55. The van der Waals surface area contributed by atoms with Gasteiger partial charge in [0.25, 0.3) is 0 Å². The molecule has 0 unspecified atom stereocenters. The number of nitrogen functional groups attached to an aromatic ring is 1. The Morgan fingerprint density at radius 2 is 2.29 bits per heavy atom. The van der Waals surface area contributed by atoms with Crippen LogP contribution in [0.15, 0.2) is 23.7 Å². The first-order valence-electron chi connectivity index (χ1n) is 4.37. The Bertz CT molecular complexity index is 621. The third-order valence-electron chi connectivity index (χ3n) is 2.43. The second-order valence-corrected chi connectivity index (χ2v) is 4.24. The summed E-state index contributed by atoms with van der Waals surface area (Å²) in [6, 6.07) is 4.02. The summed E-state index contributed by atoms with van der Waals surface area (Å²) in [5, 5.41) is 2.03. The quantitative estimate of drug-likeness (QED) is 0.570. The monoisotopic (exact) mass is 203 g/mol. The Morgan fingerprint density at radius 1 is 1.43 bits per heavy atom. The predicted molar refractivity (Wildman–Crippen MR) is 59.7 cm³/mol. The molecule has 0 saturated heterocycles. The van der Waals surface area contributed by atoms with Gasteiger partial charge in [-0.15, -0.1) is 11.3 Å². The lowest BCUT2D eigenvalue weighted by molar-refractivity contribution is 1.28. The van der Waals surface area contributed by atoms with Gasteiger partial charge in [0.1, 0.15) is 0 Å². The van der Waals surface area contributed by atoms with E-state index in [0.29, 0.717) is 0 Å². The molecule has 0 amide bonds. The minimum atomic E-state index is 0.825. The molecule has 2 heterocycles. The van der Waals surface area contributed by atoms with Crippen molar-refractivity contribution in [3.8, 4) is 0 Å². The molecule has 0 atom stereocenters. The van der Waals surface area contributed by atoms with Crippen LogP contribution in [0.2, 0.25) is 0 Å². The molecule has 0 fully saturated rings. The van der Waals surface area contributed by atoms with Gasteiger partial charge in [-0.1, -0.05) is 0 Å². The van der Waals surface area contributed by atoms with Gasteiger partial charge in [0.2, 0.25) is 0 Å². The number of hydrogen-bond donors (Lipinski definition) is 1. The molecule has 0 saturated carbocycles. The number of aryl methyl sites for hydroxylation is 1. The molecule has 0 aliphatic rings. The van der Waals surface area contributed by atoms with Crippen LogP contribution in [0.1, 0.15) is 5.56 Å². The summed E-state index contributed by atoms with van der Waals surface area (Å²) < 4.78 is 2.07. The fraction of sp³-hybridized carbons (Fsp3) is 0.100. The van der Waals surface area contributed by atoms with Crippen LogP contribution in [0.5, 0.6) is 0 Å². The largest absolute Gasteiger partial charge is 0.398 e. The molecular formula is C10H9N3S. The van der Waals surface area contributed by atoms with E-state index in [4.69, 9.17) is 5.73 Å². The van der Waals surface area contributed by atoms with Gasteiger partial charge in [-0.3, -0.25) is 4.40 Å². The molecule has 3 nitrogen and oxygen atoms in total. The molecule has 0 aliphatic carbocycles. The number of aromatic nitrogens is 2. The van der Waals surface area contributed by atoms with Crippen LogP contribution in [0, 0.1) is 6.92 Å².